The maximum Gasteiger partial charge on any atom is 2.00 e. The third-order valence-corrected chi connectivity index (χ3v) is 1.84. The topological polar surface area (TPSA) is 98.2 Å². The average Bonchev–Trinajstić information content (AvgIpc) is 2.28. The van der Waals surface area contributed by atoms with Gasteiger partial charge >= 0.3 is 17.1 Å². The molecule has 4 nitrogen and oxygen atoms in total. The van der Waals surface area contributed by atoms with Crippen LogP contribution in [0.4, 0.5) is 11.4 Å². The van der Waals surface area contributed by atoms with Crippen molar-refractivity contribution in [1.29, 1.82) is 0 Å². The summed E-state index contributed by atoms with van der Waals surface area (Å²) < 4.78 is 0. The number of hydrogen-bond donors (Lipinski definition) is 2. The Hall–Kier alpha value is -1.84. The van der Waals surface area contributed by atoms with Gasteiger partial charge < -0.3 is 21.7 Å². The Morgan fingerprint density at radius 3 is 1.12 bits per heavy atom. The van der Waals surface area contributed by atoms with Crippen LogP contribution >= 0.6 is 0 Å². The Morgan fingerprint density at radius 1 is 0.647 bits per heavy atom. The molecule has 0 bridgehead atoms. The first-order valence-corrected chi connectivity index (χ1v) is 4.64. The van der Waals surface area contributed by atoms with Gasteiger partial charge in [0.2, 0.25) is 0 Å². The van der Waals surface area contributed by atoms with E-state index < -0.39 is 0 Å². The number of rotatable bonds is 0. The third kappa shape index (κ3) is 5.15. The van der Waals surface area contributed by atoms with Gasteiger partial charge in [-0.2, -0.15) is 0 Å². The molecule has 1 radical (unpaired) electrons. The molecule has 93 valence electrons. The molecule has 0 saturated carbocycles. The van der Waals surface area contributed by atoms with Crippen molar-refractivity contribution in [1.82, 2.24) is 0 Å². The van der Waals surface area contributed by atoms with E-state index in [4.69, 9.17) is 11.5 Å². The zero-order chi connectivity index (χ0) is 12.0. The quantitative estimate of drug-likeness (QED) is 0.547. The van der Waals surface area contributed by atoms with E-state index in [1.807, 2.05) is 0 Å². The molecule has 0 atom stereocenters. The minimum atomic E-state index is -0.104. The first-order chi connectivity index (χ1) is 7.61. The fourth-order valence-corrected chi connectivity index (χ4v) is 0.961. The second-order valence-corrected chi connectivity index (χ2v) is 3.08. The van der Waals surface area contributed by atoms with Crippen LogP contribution in [0.25, 0.3) is 0 Å². The van der Waals surface area contributed by atoms with E-state index in [0.29, 0.717) is 11.4 Å². The van der Waals surface area contributed by atoms with E-state index in [2.05, 4.69) is 0 Å². The van der Waals surface area contributed by atoms with Crippen LogP contribution < -0.4 is 21.7 Å². The molecule has 0 aliphatic carbocycles. The molecular formula is C12H12CuN2O2. The summed E-state index contributed by atoms with van der Waals surface area (Å²) in [6, 6.07) is 12.8. The van der Waals surface area contributed by atoms with Crippen LogP contribution in [0.5, 0.6) is 11.5 Å². The average molecular weight is 280 g/mol. The Labute approximate surface area is 110 Å². The molecule has 2 aromatic carbocycles. The molecule has 2 rings (SSSR count). The van der Waals surface area contributed by atoms with E-state index >= 15 is 0 Å². The van der Waals surface area contributed by atoms with Gasteiger partial charge in [0.1, 0.15) is 0 Å². The van der Waals surface area contributed by atoms with Gasteiger partial charge in [-0.3, -0.25) is 0 Å². The number of nitrogens with two attached hydrogens (primary N) is 2. The number of para-hydroxylation sites is 4. The van der Waals surface area contributed by atoms with Gasteiger partial charge in [0.15, 0.2) is 0 Å². The van der Waals surface area contributed by atoms with Gasteiger partial charge in [-0.05, 0) is 12.1 Å². The van der Waals surface area contributed by atoms with Crippen molar-refractivity contribution in [3.05, 3.63) is 48.5 Å². The molecule has 0 saturated heterocycles. The molecule has 0 aliphatic rings. The smallest absolute Gasteiger partial charge is 0.871 e. The maximum atomic E-state index is 10.5. The first kappa shape index (κ1) is 15.2. The molecule has 0 heterocycles. The number of hydrogen-bond acceptors (Lipinski definition) is 4. The van der Waals surface area contributed by atoms with Gasteiger partial charge in [-0.15, -0.1) is 0 Å². The van der Waals surface area contributed by atoms with Crippen LogP contribution in [0, 0.1) is 0 Å². The molecule has 17 heavy (non-hydrogen) atoms. The summed E-state index contributed by atoms with van der Waals surface area (Å²) in [6.45, 7) is 0. The normalized spacial score (nSPS) is 8.47. The summed E-state index contributed by atoms with van der Waals surface area (Å²) in [4.78, 5) is 0. The van der Waals surface area contributed by atoms with Crippen molar-refractivity contribution in [3.8, 4) is 11.5 Å². The predicted octanol–water partition coefficient (Wildman–Crippen LogP) is 0.682. The van der Waals surface area contributed by atoms with E-state index in [1.165, 1.54) is 12.1 Å². The Kier molecular flexibility index (Phi) is 6.63. The summed E-state index contributed by atoms with van der Waals surface area (Å²) in [6.07, 6.45) is 0. The second kappa shape index (κ2) is 7.44. The molecular weight excluding hydrogens is 268 g/mol. The molecule has 4 N–H and O–H groups in total. The maximum absolute atomic E-state index is 10.5. The largest absolute Gasteiger partial charge is 2.00 e. The second-order valence-electron chi connectivity index (χ2n) is 3.08. The van der Waals surface area contributed by atoms with Crippen molar-refractivity contribution < 1.29 is 27.3 Å². The molecule has 2 aromatic rings. The summed E-state index contributed by atoms with van der Waals surface area (Å²) in [7, 11) is 0. The Balaban J connectivity index is 0.000000284. The SMILES string of the molecule is Nc1ccccc1[O-].Nc1ccccc1[O-].[Cu+2]. The van der Waals surface area contributed by atoms with E-state index in [0.717, 1.165) is 0 Å². The molecule has 0 amide bonds. The van der Waals surface area contributed by atoms with Crippen LogP contribution in [0.2, 0.25) is 0 Å². The van der Waals surface area contributed by atoms with E-state index in [9.17, 15) is 10.2 Å². The molecule has 0 fully saturated rings. The van der Waals surface area contributed by atoms with Crippen molar-refractivity contribution in [2.75, 3.05) is 11.5 Å². The predicted molar refractivity (Wildman–Crippen MR) is 60.6 cm³/mol. The van der Waals surface area contributed by atoms with Gasteiger partial charge in [-0.25, -0.2) is 0 Å². The molecule has 0 aliphatic heterocycles. The van der Waals surface area contributed by atoms with Crippen molar-refractivity contribution >= 4 is 11.4 Å². The zero-order valence-electron chi connectivity index (χ0n) is 8.89. The molecule has 0 spiro atoms. The molecule has 0 aromatic heterocycles. The van der Waals surface area contributed by atoms with Crippen molar-refractivity contribution in [2.45, 2.75) is 0 Å². The fraction of sp³-hybridized carbons (Fsp3) is 0. The fourth-order valence-electron chi connectivity index (χ4n) is 0.961. The third-order valence-electron chi connectivity index (χ3n) is 1.84. The summed E-state index contributed by atoms with van der Waals surface area (Å²) in [5, 5.41) is 21.0. The first-order valence-electron chi connectivity index (χ1n) is 4.64. The molecule has 5 heteroatoms. The van der Waals surface area contributed by atoms with Crippen LogP contribution in [0.15, 0.2) is 48.5 Å². The zero-order valence-corrected chi connectivity index (χ0v) is 9.83. The van der Waals surface area contributed by atoms with Gasteiger partial charge in [0.25, 0.3) is 0 Å². The van der Waals surface area contributed by atoms with Gasteiger partial charge in [0.05, 0.1) is 0 Å². The van der Waals surface area contributed by atoms with Crippen molar-refractivity contribution in [2.24, 2.45) is 0 Å². The van der Waals surface area contributed by atoms with Crippen LogP contribution in [0.1, 0.15) is 0 Å². The number of anilines is 2. The monoisotopic (exact) mass is 279 g/mol. The van der Waals surface area contributed by atoms with Crippen LogP contribution in [-0.2, 0) is 17.1 Å². The van der Waals surface area contributed by atoms with Crippen LogP contribution in [0.3, 0.4) is 0 Å². The van der Waals surface area contributed by atoms with Crippen molar-refractivity contribution in [3.63, 3.8) is 0 Å². The number of benzene rings is 2. The summed E-state index contributed by atoms with van der Waals surface area (Å²) in [5.41, 5.74) is 11.0. The van der Waals surface area contributed by atoms with E-state index in [1.54, 1.807) is 36.4 Å². The minimum absolute atomic E-state index is 0. The summed E-state index contributed by atoms with van der Waals surface area (Å²) >= 11 is 0. The summed E-state index contributed by atoms with van der Waals surface area (Å²) in [5.74, 6) is -0.208. The Morgan fingerprint density at radius 2 is 0.941 bits per heavy atom. The van der Waals surface area contributed by atoms with Crippen LogP contribution in [-0.4, -0.2) is 0 Å². The minimum Gasteiger partial charge on any atom is -0.871 e. The standard InChI is InChI=1S/2C6H7NO.Cu/c2*7-5-3-1-2-4-6(5)8;/h2*1-4,8H,7H2;/q;;+2/p-2. The van der Waals surface area contributed by atoms with Gasteiger partial charge in [-0.1, -0.05) is 47.9 Å². The number of nitrogen functional groups attached to an aromatic ring is 2. The van der Waals surface area contributed by atoms with Gasteiger partial charge in [0, 0.05) is 11.4 Å². The Bertz CT molecular complexity index is 378. The van der Waals surface area contributed by atoms with E-state index in [-0.39, 0.29) is 28.6 Å². The molecule has 0 unspecified atom stereocenters.